The number of hydrogen-bond acceptors (Lipinski definition) is 3. The minimum Gasteiger partial charge on any atom is -0.317 e. The molecule has 0 unspecified atom stereocenters. The van der Waals surface area contributed by atoms with Gasteiger partial charge in [0.1, 0.15) is 0 Å². The summed E-state index contributed by atoms with van der Waals surface area (Å²) in [6.45, 7) is 4.94. The van der Waals surface area contributed by atoms with Gasteiger partial charge in [-0.05, 0) is 85.2 Å². The summed E-state index contributed by atoms with van der Waals surface area (Å²) in [6.07, 6.45) is 9.70. The zero-order chi connectivity index (χ0) is 12.8. The third kappa shape index (κ3) is 5.68. The van der Waals surface area contributed by atoms with Crippen molar-refractivity contribution in [2.75, 3.05) is 40.3 Å². The molecule has 2 fully saturated rings. The molecule has 0 atom stereocenters. The number of hydrogen-bond donors (Lipinski definition) is 1. The van der Waals surface area contributed by atoms with Crippen molar-refractivity contribution >= 4 is 0 Å². The topological polar surface area (TPSA) is 18.5 Å². The first kappa shape index (κ1) is 14.3. The lowest BCUT2D eigenvalue weighted by molar-refractivity contribution is 0.310. The molecule has 0 aliphatic heterocycles. The van der Waals surface area contributed by atoms with E-state index in [4.69, 9.17) is 0 Å². The Bertz CT molecular complexity index is 200. The van der Waals surface area contributed by atoms with Gasteiger partial charge in [-0.3, -0.25) is 0 Å². The quantitative estimate of drug-likeness (QED) is 0.568. The normalized spacial score (nSPS) is 20.0. The van der Waals surface area contributed by atoms with Crippen molar-refractivity contribution in [1.29, 1.82) is 0 Å². The molecule has 2 rings (SSSR count). The fraction of sp³-hybridized carbons (Fsp3) is 1.00. The van der Waals surface area contributed by atoms with Gasteiger partial charge in [0, 0.05) is 12.1 Å². The molecule has 2 aliphatic carbocycles. The highest BCUT2D eigenvalue weighted by atomic mass is 15.2. The smallest absolute Gasteiger partial charge is 0.00933 e. The van der Waals surface area contributed by atoms with Crippen LogP contribution in [0.5, 0.6) is 0 Å². The standard InChI is InChI=1S/C15H31N3/c1-17(14-6-7-14)12-4-3-10-16-11-5-13-18(2)15-8-9-15/h14-16H,3-13H2,1-2H3. The van der Waals surface area contributed by atoms with Gasteiger partial charge in [-0.2, -0.15) is 0 Å². The monoisotopic (exact) mass is 253 g/mol. The van der Waals surface area contributed by atoms with Crippen LogP contribution in [-0.2, 0) is 0 Å². The van der Waals surface area contributed by atoms with E-state index < -0.39 is 0 Å². The maximum Gasteiger partial charge on any atom is 0.00933 e. The molecule has 106 valence electrons. The average Bonchev–Trinajstić information content (AvgIpc) is 3.21. The minimum atomic E-state index is 0.919. The number of nitrogens with one attached hydrogen (secondary N) is 1. The van der Waals surface area contributed by atoms with Crippen LogP contribution >= 0.6 is 0 Å². The molecule has 2 aliphatic rings. The van der Waals surface area contributed by atoms with E-state index in [9.17, 15) is 0 Å². The molecule has 0 aromatic heterocycles. The van der Waals surface area contributed by atoms with E-state index in [-0.39, 0.29) is 0 Å². The number of rotatable bonds is 11. The van der Waals surface area contributed by atoms with Crippen LogP contribution in [0.2, 0.25) is 0 Å². The summed E-state index contributed by atoms with van der Waals surface area (Å²) in [7, 11) is 4.55. The molecule has 0 radical (unpaired) electrons. The predicted molar refractivity (Wildman–Crippen MR) is 78.0 cm³/mol. The van der Waals surface area contributed by atoms with Crippen LogP contribution in [-0.4, -0.2) is 62.2 Å². The second-order valence-corrected chi connectivity index (χ2v) is 6.23. The molecule has 0 spiro atoms. The fourth-order valence-electron chi connectivity index (χ4n) is 2.59. The van der Waals surface area contributed by atoms with Gasteiger partial charge in [0.15, 0.2) is 0 Å². The Morgan fingerprint density at radius 2 is 1.28 bits per heavy atom. The molecule has 0 saturated heterocycles. The van der Waals surface area contributed by atoms with E-state index in [2.05, 4.69) is 29.2 Å². The van der Waals surface area contributed by atoms with Crippen molar-refractivity contribution in [3.63, 3.8) is 0 Å². The lowest BCUT2D eigenvalue weighted by Gasteiger charge is -2.16. The van der Waals surface area contributed by atoms with Crippen molar-refractivity contribution in [1.82, 2.24) is 15.1 Å². The van der Waals surface area contributed by atoms with Gasteiger partial charge >= 0.3 is 0 Å². The second-order valence-electron chi connectivity index (χ2n) is 6.23. The van der Waals surface area contributed by atoms with Gasteiger partial charge in [0.2, 0.25) is 0 Å². The summed E-state index contributed by atoms with van der Waals surface area (Å²) in [4.78, 5) is 5.05. The maximum absolute atomic E-state index is 3.57. The molecule has 0 aromatic rings. The molecule has 0 bridgehead atoms. The molecule has 18 heavy (non-hydrogen) atoms. The third-order valence-electron chi connectivity index (χ3n) is 4.32. The maximum atomic E-state index is 3.57. The summed E-state index contributed by atoms with van der Waals surface area (Å²) in [5.74, 6) is 0. The Hall–Kier alpha value is -0.120. The lowest BCUT2D eigenvalue weighted by Crippen LogP contribution is -2.26. The molecule has 0 aromatic carbocycles. The predicted octanol–water partition coefficient (Wildman–Crippen LogP) is 1.93. The average molecular weight is 253 g/mol. The highest BCUT2D eigenvalue weighted by molar-refractivity contribution is 4.82. The van der Waals surface area contributed by atoms with Gasteiger partial charge in [-0.15, -0.1) is 0 Å². The van der Waals surface area contributed by atoms with Crippen molar-refractivity contribution < 1.29 is 0 Å². The summed E-state index contributed by atoms with van der Waals surface area (Å²) >= 11 is 0. The molecular formula is C15H31N3. The Balaban J connectivity index is 1.30. The summed E-state index contributed by atoms with van der Waals surface area (Å²) in [5.41, 5.74) is 0. The van der Waals surface area contributed by atoms with E-state index in [0.29, 0.717) is 0 Å². The molecule has 2 saturated carbocycles. The van der Waals surface area contributed by atoms with Crippen molar-refractivity contribution in [2.45, 2.75) is 57.0 Å². The Morgan fingerprint density at radius 1 is 0.778 bits per heavy atom. The fourth-order valence-corrected chi connectivity index (χ4v) is 2.59. The van der Waals surface area contributed by atoms with Crippen LogP contribution in [0.4, 0.5) is 0 Å². The lowest BCUT2D eigenvalue weighted by atomic mass is 10.3. The highest BCUT2D eigenvalue weighted by Crippen LogP contribution is 2.25. The number of unbranched alkanes of at least 4 members (excludes halogenated alkanes) is 1. The van der Waals surface area contributed by atoms with Crippen LogP contribution in [0.15, 0.2) is 0 Å². The van der Waals surface area contributed by atoms with Crippen LogP contribution in [0.1, 0.15) is 44.9 Å². The van der Waals surface area contributed by atoms with E-state index in [1.165, 1.54) is 71.1 Å². The summed E-state index contributed by atoms with van der Waals surface area (Å²) in [6, 6.07) is 1.85. The van der Waals surface area contributed by atoms with Crippen LogP contribution < -0.4 is 5.32 Å². The summed E-state index contributed by atoms with van der Waals surface area (Å²) in [5, 5.41) is 3.57. The first-order valence-corrected chi connectivity index (χ1v) is 7.88. The van der Waals surface area contributed by atoms with Crippen molar-refractivity contribution in [3.05, 3.63) is 0 Å². The number of nitrogens with zero attached hydrogens (tertiary/aromatic N) is 2. The molecule has 3 heteroatoms. The minimum absolute atomic E-state index is 0.919. The van der Waals surface area contributed by atoms with Gasteiger partial charge in [-0.1, -0.05) is 0 Å². The highest BCUT2D eigenvalue weighted by Gasteiger charge is 2.25. The Labute approximate surface area is 113 Å². The zero-order valence-corrected chi connectivity index (χ0v) is 12.3. The zero-order valence-electron chi connectivity index (χ0n) is 12.3. The van der Waals surface area contributed by atoms with Crippen LogP contribution in [0, 0.1) is 0 Å². The van der Waals surface area contributed by atoms with E-state index >= 15 is 0 Å². The van der Waals surface area contributed by atoms with Crippen LogP contribution in [0.25, 0.3) is 0 Å². The van der Waals surface area contributed by atoms with Gasteiger partial charge in [0.25, 0.3) is 0 Å². The van der Waals surface area contributed by atoms with Crippen molar-refractivity contribution in [2.24, 2.45) is 0 Å². The molecule has 1 N–H and O–H groups in total. The van der Waals surface area contributed by atoms with Gasteiger partial charge in [-0.25, -0.2) is 0 Å². The molecule has 0 amide bonds. The van der Waals surface area contributed by atoms with Crippen LogP contribution in [0.3, 0.4) is 0 Å². The van der Waals surface area contributed by atoms with E-state index in [0.717, 1.165) is 12.1 Å². The Kier molecular flexibility index (Phi) is 5.93. The first-order valence-electron chi connectivity index (χ1n) is 7.88. The van der Waals surface area contributed by atoms with Gasteiger partial charge in [0.05, 0.1) is 0 Å². The first-order chi connectivity index (χ1) is 8.77. The third-order valence-corrected chi connectivity index (χ3v) is 4.32. The molecule has 3 nitrogen and oxygen atoms in total. The van der Waals surface area contributed by atoms with E-state index in [1.54, 1.807) is 0 Å². The SMILES string of the molecule is CN(CCCCNCCCN(C)C1CC1)C1CC1. The molecular weight excluding hydrogens is 222 g/mol. The largest absolute Gasteiger partial charge is 0.317 e. The Morgan fingerprint density at radius 3 is 1.83 bits per heavy atom. The van der Waals surface area contributed by atoms with Crippen molar-refractivity contribution in [3.8, 4) is 0 Å². The molecule has 0 heterocycles. The summed E-state index contributed by atoms with van der Waals surface area (Å²) < 4.78 is 0. The van der Waals surface area contributed by atoms with E-state index in [1.807, 2.05) is 0 Å². The van der Waals surface area contributed by atoms with Gasteiger partial charge < -0.3 is 15.1 Å². The second kappa shape index (κ2) is 7.46.